The van der Waals surface area contributed by atoms with E-state index < -0.39 is 0 Å². The Kier molecular flexibility index (Phi) is 2.60. The monoisotopic (exact) mass is 168 g/mol. The molecular formula is C11H20O. The molecule has 0 saturated heterocycles. The number of Topliss-reactive ketones (excluding diaryl/α,β-unsaturated/α-hetero) is 1. The van der Waals surface area contributed by atoms with Crippen LogP contribution in [-0.2, 0) is 4.79 Å². The first kappa shape index (κ1) is 9.76. The maximum atomic E-state index is 11.3. The van der Waals surface area contributed by atoms with Crippen molar-refractivity contribution >= 4 is 5.78 Å². The molecule has 1 nitrogen and oxygen atoms in total. The van der Waals surface area contributed by atoms with Crippen LogP contribution < -0.4 is 0 Å². The molecule has 0 spiro atoms. The van der Waals surface area contributed by atoms with Gasteiger partial charge < -0.3 is 0 Å². The fourth-order valence-corrected chi connectivity index (χ4v) is 2.57. The Morgan fingerprint density at radius 3 is 1.83 bits per heavy atom. The summed E-state index contributed by atoms with van der Waals surface area (Å²) in [5.74, 6) is 1.75. The molecule has 0 amide bonds. The van der Waals surface area contributed by atoms with Crippen molar-refractivity contribution in [3.05, 3.63) is 0 Å². The van der Waals surface area contributed by atoms with E-state index in [-0.39, 0.29) is 0 Å². The molecule has 0 aromatic heterocycles. The van der Waals surface area contributed by atoms with Gasteiger partial charge in [-0.25, -0.2) is 0 Å². The molecule has 0 N–H and O–H groups in total. The molecule has 0 aliphatic heterocycles. The molecule has 1 rings (SSSR count). The largest absolute Gasteiger partial charge is 0.300 e. The molecule has 12 heavy (non-hydrogen) atoms. The van der Waals surface area contributed by atoms with Gasteiger partial charge in [0.1, 0.15) is 5.78 Å². The smallest absolute Gasteiger partial charge is 0.133 e. The lowest BCUT2D eigenvalue weighted by Crippen LogP contribution is -2.30. The molecule has 0 bridgehead atoms. The second-order valence-corrected chi connectivity index (χ2v) is 4.76. The zero-order valence-electron chi connectivity index (χ0n) is 8.68. The number of ketones is 1. The highest BCUT2D eigenvalue weighted by atomic mass is 16.1. The van der Waals surface area contributed by atoms with Gasteiger partial charge in [-0.2, -0.15) is 0 Å². The molecule has 1 saturated carbocycles. The van der Waals surface area contributed by atoms with E-state index in [4.69, 9.17) is 0 Å². The molecule has 1 aliphatic carbocycles. The zero-order valence-corrected chi connectivity index (χ0v) is 8.68. The van der Waals surface area contributed by atoms with E-state index in [1.54, 1.807) is 0 Å². The number of rotatable bonds is 2. The molecule has 70 valence electrons. The van der Waals surface area contributed by atoms with Gasteiger partial charge >= 0.3 is 0 Å². The average Bonchev–Trinajstić information content (AvgIpc) is 2.32. The summed E-state index contributed by atoms with van der Waals surface area (Å²) in [4.78, 5) is 11.3. The summed E-state index contributed by atoms with van der Waals surface area (Å²) in [7, 11) is 0. The third-order valence-electron chi connectivity index (χ3n) is 3.70. The van der Waals surface area contributed by atoms with E-state index in [9.17, 15) is 4.79 Å². The van der Waals surface area contributed by atoms with Crippen molar-refractivity contribution in [1.29, 1.82) is 0 Å². The van der Waals surface area contributed by atoms with E-state index in [0.717, 1.165) is 19.3 Å². The van der Waals surface area contributed by atoms with Crippen LogP contribution in [0.3, 0.4) is 0 Å². The van der Waals surface area contributed by atoms with Gasteiger partial charge in [-0.1, -0.05) is 27.7 Å². The van der Waals surface area contributed by atoms with Gasteiger partial charge in [0.15, 0.2) is 0 Å². The number of hydrogen-bond acceptors (Lipinski definition) is 1. The van der Waals surface area contributed by atoms with Crippen molar-refractivity contribution in [3.63, 3.8) is 0 Å². The molecule has 0 radical (unpaired) electrons. The first-order chi connectivity index (χ1) is 5.49. The van der Waals surface area contributed by atoms with Crippen LogP contribution in [0.4, 0.5) is 0 Å². The maximum Gasteiger partial charge on any atom is 0.133 e. The minimum absolute atomic E-state index is 0.317. The minimum Gasteiger partial charge on any atom is -0.300 e. The van der Waals surface area contributed by atoms with Crippen LogP contribution >= 0.6 is 0 Å². The Bertz CT molecular complexity index is 171. The van der Waals surface area contributed by atoms with Gasteiger partial charge in [-0.05, 0) is 23.7 Å². The summed E-state index contributed by atoms with van der Waals surface area (Å²) in [5.41, 5.74) is 0.317. The molecule has 1 fully saturated rings. The van der Waals surface area contributed by atoms with Gasteiger partial charge in [-0.3, -0.25) is 4.79 Å². The fraction of sp³-hybridized carbons (Fsp3) is 0.909. The normalized spacial score (nSPS) is 22.7. The van der Waals surface area contributed by atoms with E-state index in [0.29, 0.717) is 23.0 Å². The number of carbonyl (C=O) groups is 1. The lowest BCUT2D eigenvalue weighted by molar-refractivity contribution is -0.118. The molecule has 1 heteroatoms. The Morgan fingerprint density at radius 1 is 1.17 bits per heavy atom. The number of hydrogen-bond donors (Lipinski definition) is 0. The van der Waals surface area contributed by atoms with Crippen molar-refractivity contribution in [1.82, 2.24) is 0 Å². The molecule has 0 aromatic rings. The quantitative estimate of drug-likeness (QED) is 0.619. The van der Waals surface area contributed by atoms with Gasteiger partial charge in [0.25, 0.3) is 0 Å². The first-order valence-corrected chi connectivity index (χ1v) is 5.01. The second kappa shape index (κ2) is 3.20. The topological polar surface area (TPSA) is 17.1 Å². The number of carbonyl (C=O) groups excluding carboxylic acids is 1. The summed E-state index contributed by atoms with van der Waals surface area (Å²) in [6.45, 7) is 8.99. The van der Waals surface area contributed by atoms with E-state index in [1.165, 1.54) is 0 Å². The highest BCUT2D eigenvalue weighted by Crippen LogP contribution is 2.48. The molecule has 0 atom stereocenters. The summed E-state index contributed by atoms with van der Waals surface area (Å²) in [5, 5.41) is 0. The third kappa shape index (κ3) is 1.41. The van der Waals surface area contributed by atoms with Crippen LogP contribution in [0.5, 0.6) is 0 Å². The molecule has 0 aromatic carbocycles. The summed E-state index contributed by atoms with van der Waals surface area (Å²) >= 11 is 0. The highest BCUT2D eigenvalue weighted by molar-refractivity contribution is 5.81. The molecule has 1 aliphatic rings. The molecule has 0 unspecified atom stereocenters. The van der Waals surface area contributed by atoms with Gasteiger partial charge in [-0.15, -0.1) is 0 Å². The van der Waals surface area contributed by atoms with E-state index in [1.807, 2.05) is 0 Å². The zero-order chi connectivity index (χ0) is 9.35. The van der Waals surface area contributed by atoms with Gasteiger partial charge in [0.2, 0.25) is 0 Å². The average molecular weight is 168 g/mol. The van der Waals surface area contributed by atoms with Crippen LogP contribution in [-0.4, -0.2) is 5.78 Å². The lowest BCUT2D eigenvalue weighted by atomic mass is 9.68. The predicted molar refractivity (Wildman–Crippen MR) is 51.0 cm³/mol. The van der Waals surface area contributed by atoms with Crippen molar-refractivity contribution in [2.75, 3.05) is 0 Å². The van der Waals surface area contributed by atoms with Crippen molar-refractivity contribution in [2.24, 2.45) is 17.3 Å². The Morgan fingerprint density at radius 2 is 1.67 bits per heavy atom. The van der Waals surface area contributed by atoms with E-state index in [2.05, 4.69) is 27.7 Å². The van der Waals surface area contributed by atoms with Crippen LogP contribution in [0.2, 0.25) is 0 Å². The summed E-state index contributed by atoms with van der Waals surface area (Å²) < 4.78 is 0. The second-order valence-electron chi connectivity index (χ2n) is 4.76. The Hall–Kier alpha value is -0.330. The van der Waals surface area contributed by atoms with Crippen molar-refractivity contribution in [3.8, 4) is 0 Å². The van der Waals surface area contributed by atoms with Crippen molar-refractivity contribution in [2.45, 2.75) is 47.0 Å². The standard InChI is InChI=1S/C11H20O/c1-8(2)11(9(3)4)6-5-10(12)7-11/h8-9H,5-7H2,1-4H3. The SMILES string of the molecule is CC(C)C1(C(C)C)CCC(=O)C1. The van der Waals surface area contributed by atoms with Crippen LogP contribution in [0.15, 0.2) is 0 Å². The summed E-state index contributed by atoms with van der Waals surface area (Å²) in [6, 6.07) is 0. The Labute approximate surface area is 75.5 Å². The third-order valence-corrected chi connectivity index (χ3v) is 3.70. The van der Waals surface area contributed by atoms with Gasteiger partial charge in [0.05, 0.1) is 0 Å². The lowest BCUT2D eigenvalue weighted by Gasteiger charge is -2.36. The summed E-state index contributed by atoms with van der Waals surface area (Å²) in [6.07, 6.45) is 2.75. The fourth-order valence-electron chi connectivity index (χ4n) is 2.57. The van der Waals surface area contributed by atoms with Crippen LogP contribution in [0.1, 0.15) is 47.0 Å². The maximum absolute atomic E-state index is 11.3. The van der Waals surface area contributed by atoms with Crippen LogP contribution in [0, 0.1) is 17.3 Å². The highest BCUT2D eigenvalue weighted by Gasteiger charge is 2.42. The van der Waals surface area contributed by atoms with E-state index >= 15 is 0 Å². The Balaban J connectivity index is 2.81. The van der Waals surface area contributed by atoms with Crippen molar-refractivity contribution < 1.29 is 4.79 Å². The molecule has 0 heterocycles. The van der Waals surface area contributed by atoms with Gasteiger partial charge in [0, 0.05) is 12.8 Å². The van der Waals surface area contributed by atoms with Crippen LogP contribution in [0.25, 0.3) is 0 Å². The molecular weight excluding hydrogens is 148 g/mol. The first-order valence-electron chi connectivity index (χ1n) is 5.01. The minimum atomic E-state index is 0.317. The predicted octanol–water partition coefficient (Wildman–Crippen LogP) is 3.04.